The van der Waals surface area contributed by atoms with Gasteiger partial charge in [0.05, 0.1) is 11.4 Å². The van der Waals surface area contributed by atoms with Crippen molar-refractivity contribution in [2.24, 2.45) is 5.92 Å². The summed E-state index contributed by atoms with van der Waals surface area (Å²) in [5.41, 5.74) is 0.962. The normalized spacial score (nSPS) is 12.7. The van der Waals surface area contributed by atoms with Crippen molar-refractivity contribution in [3.05, 3.63) is 23.3 Å². The number of nitrogens with zero attached hydrogens (tertiary/aromatic N) is 1. The van der Waals surface area contributed by atoms with Gasteiger partial charge < -0.3 is 20.6 Å². The number of carbonyl (C=O) groups is 2. The highest BCUT2D eigenvalue weighted by molar-refractivity contribution is 5.95. The molecule has 0 spiro atoms. The summed E-state index contributed by atoms with van der Waals surface area (Å²) in [6, 6.07) is 1.65. The summed E-state index contributed by atoms with van der Waals surface area (Å²) in [6.07, 6.45) is 2.12. The molecule has 0 atom stereocenters. The SMILES string of the molecule is CC(C)COn1c2cc(c1C(=O)O)NC(NC=O)=C2. The fraction of sp³-hybridized carbons (Fsp3) is 0.333. The monoisotopic (exact) mass is 265 g/mol. The minimum absolute atomic E-state index is 0.00889. The van der Waals surface area contributed by atoms with Crippen LogP contribution < -0.4 is 15.5 Å². The first-order valence-electron chi connectivity index (χ1n) is 5.84. The number of hydrogen-bond donors (Lipinski definition) is 3. The molecule has 1 amide bonds. The van der Waals surface area contributed by atoms with Crippen LogP contribution in [0, 0.1) is 5.92 Å². The number of carboxylic acid groups (broad SMARTS) is 1. The summed E-state index contributed by atoms with van der Waals surface area (Å²) in [7, 11) is 0. The molecule has 1 aromatic heterocycles. The summed E-state index contributed by atoms with van der Waals surface area (Å²) in [5.74, 6) is -0.416. The number of carboxylic acids is 1. The van der Waals surface area contributed by atoms with Crippen molar-refractivity contribution in [1.29, 1.82) is 0 Å². The number of anilines is 1. The lowest BCUT2D eigenvalue weighted by atomic mass is 10.2. The smallest absolute Gasteiger partial charge is 0.358 e. The Labute approximate surface area is 109 Å². The number of rotatable bonds is 6. The van der Waals surface area contributed by atoms with Gasteiger partial charge >= 0.3 is 5.97 Å². The Morgan fingerprint density at radius 1 is 1.63 bits per heavy atom. The average molecular weight is 265 g/mol. The first-order chi connectivity index (χ1) is 9.02. The zero-order chi connectivity index (χ0) is 14.0. The predicted octanol–water partition coefficient (Wildman–Crippen LogP) is 0.741. The van der Waals surface area contributed by atoms with Crippen molar-refractivity contribution < 1.29 is 19.5 Å². The van der Waals surface area contributed by atoms with Crippen LogP contribution in [0.5, 0.6) is 0 Å². The van der Waals surface area contributed by atoms with Crippen molar-refractivity contribution in [2.75, 3.05) is 11.9 Å². The van der Waals surface area contributed by atoms with Crippen LogP contribution in [0.4, 0.5) is 5.69 Å². The van der Waals surface area contributed by atoms with Gasteiger partial charge in [-0.05, 0) is 12.0 Å². The van der Waals surface area contributed by atoms with Crippen molar-refractivity contribution in [2.45, 2.75) is 13.8 Å². The molecule has 7 heteroatoms. The molecule has 0 unspecified atom stereocenters. The van der Waals surface area contributed by atoms with E-state index in [1.165, 1.54) is 4.73 Å². The van der Waals surface area contributed by atoms with Gasteiger partial charge in [0.2, 0.25) is 6.41 Å². The maximum absolute atomic E-state index is 11.3. The quantitative estimate of drug-likeness (QED) is 0.660. The van der Waals surface area contributed by atoms with E-state index in [2.05, 4.69) is 10.6 Å². The molecule has 0 aromatic carbocycles. The third kappa shape index (κ3) is 2.54. The molecule has 7 nitrogen and oxygen atoms in total. The maximum Gasteiger partial charge on any atom is 0.358 e. The lowest BCUT2D eigenvalue weighted by Gasteiger charge is -2.12. The Bertz CT molecular complexity index is 545. The molecule has 102 valence electrons. The highest BCUT2D eigenvalue weighted by Crippen LogP contribution is 2.27. The molecule has 2 rings (SSSR count). The Hall–Kier alpha value is -2.44. The van der Waals surface area contributed by atoms with Gasteiger partial charge in [-0.15, -0.1) is 0 Å². The Morgan fingerprint density at radius 3 is 2.95 bits per heavy atom. The van der Waals surface area contributed by atoms with Crippen LogP contribution in [0.15, 0.2) is 11.9 Å². The molecular weight excluding hydrogens is 250 g/mol. The average Bonchev–Trinajstić information content (AvgIpc) is 2.58. The second kappa shape index (κ2) is 5.05. The summed E-state index contributed by atoms with van der Waals surface area (Å²) < 4.78 is 1.27. The highest BCUT2D eigenvalue weighted by Gasteiger charge is 2.25. The van der Waals surface area contributed by atoms with E-state index in [1.807, 2.05) is 13.8 Å². The van der Waals surface area contributed by atoms with E-state index in [1.54, 1.807) is 12.1 Å². The molecule has 0 saturated carbocycles. The minimum Gasteiger partial charge on any atom is -0.476 e. The van der Waals surface area contributed by atoms with Crippen LogP contribution in [0.25, 0.3) is 6.08 Å². The first-order valence-corrected chi connectivity index (χ1v) is 5.84. The third-order valence-electron chi connectivity index (χ3n) is 2.50. The Balaban J connectivity index is 2.36. The summed E-state index contributed by atoms with van der Waals surface area (Å²) in [6.45, 7) is 4.33. The molecule has 19 heavy (non-hydrogen) atoms. The summed E-state index contributed by atoms with van der Waals surface area (Å²) >= 11 is 0. The van der Waals surface area contributed by atoms with Crippen molar-refractivity contribution in [3.8, 4) is 0 Å². The number of amides is 1. The molecular formula is C12H15N3O4. The van der Waals surface area contributed by atoms with Gasteiger partial charge in [-0.1, -0.05) is 13.8 Å². The van der Waals surface area contributed by atoms with E-state index < -0.39 is 5.97 Å². The summed E-state index contributed by atoms with van der Waals surface area (Å²) in [5, 5.41) is 14.5. The Kier molecular flexibility index (Phi) is 3.46. The zero-order valence-corrected chi connectivity index (χ0v) is 10.6. The zero-order valence-electron chi connectivity index (χ0n) is 10.6. The predicted molar refractivity (Wildman–Crippen MR) is 68.5 cm³/mol. The van der Waals surface area contributed by atoms with Gasteiger partial charge in [0.25, 0.3) is 0 Å². The van der Waals surface area contributed by atoms with Crippen molar-refractivity contribution >= 4 is 24.1 Å². The van der Waals surface area contributed by atoms with E-state index in [0.717, 1.165) is 0 Å². The van der Waals surface area contributed by atoms with E-state index in [4.69, 9.17) is 4.84 Å². The lowest BCUT2D eigenvalue weighted by molar-refractivity contribution is -0.108. The lowest BCUT2D eigenvalue weighted by Crippen LogP contribution is -2.21. The molecule has 1 aliphatic rings. The molecule has 0 radical (unpaired) electrons. The number of nitrogens with one attached hydrogen (secondary N) is 2. The molecule has 0 aliphatic carbocycles. The van der Waals surface area contributed by atoms with Gasteiger partial charge in [0.15, 0.2) is 5.69 Å². The van der Waals surface area contributed by atoms with Gasteiger partial charge in [-0.2, -0.15) is 4.73 Å². The Morgan fingerprint density at radius 2 is 2.37 bits per heavy atom. The molecule has 1 aromatic rings. The standard InChI is InChI=1S/C12H15N3O4/c1-7(2)5-19-15-8-3-9(11(15)12(17)18)14-10(4-8)13-6-16/h3-4,6-7,14H,5H2,1-2H3,(H,13,16)(H,17,18). The minimum atomic E-state index is -1.10. The number of carbonyl (C=O) groups excluding carboxylic acids is 1. The van der Waals surface area contributed by atoms with E-state index in [-0.39, 0.29) is 11.6 Å². The van der Waals surface area contributed by atoms with Crippen LogP contribution >= 0.6 is 0 Å². The van der Waals surface area contributed by atoms with Crippen LogP contribution in [0.2, 0.25) is 0 Å². The van der Waals surface area contributed by atoms with Gasteiger partial charge in [0, 0.05) is 6.08 Å². The van der Waals surface area contributed by atoms with Crippen molar-refractivity contribution in [3.63, 3.8) is 0 Å². The molecule has 3 N–H and O–H groups in total. The second-order valence-electron chi connectivity index (χ2n) is 4.57. The van der Waals surface area contributed by atoms with E-state index >= 15 is 0 Å². The molecule has 2 bridgehead atoms. The molecule has 2 heterocycles. The second-order valence-corrected chi connectivity index (χ2v) is 4.57. The fourth-order valence-electron chi connectivity index (χ4n) is 1.74. The number of hydrogen-bond acceptors (Lipinski definition) is 4. The van der Waals surface area contributed by atoms with Crippen LogP contribution in [-0.2, 0) is 4.79 Å². The third-order valence-corrected chi connectivity index (χ3v) is 2.50. The van der Waals surface area contributed by atoms with Crippen LogP contribution in [0.1, 0.15) is 30.0 Å². The molecule has 1 aliphatic heterocycles. The fourth-order valence-corrected chi connectivity index (χ4v) is 1.74. The van der Waals surface area contributed by atoms with Crippen LogP contribution in [-0.4, -0.2) is 28.8 Å². The van der Waals surface area contributed by atoms with E-state index in [9.17, 15) is 14.7 Å². The topological polar surface area (TPSA) is 92.6 Å². The van der Waals surface area contributed by atoms with Crippen LogP contribution in [0.3, 0.4) is 0 Å². The summed E-state index contributed by atoms with van der Waals surface area (Å²) in [4.78, 5) is 27.2. The highest BCUT2D eigenvalue weighted by atomic mass is 16.7. The molecule has 0 saturated heterocycles. The maximum atomic E-state index is 11.3. The largest absolute Gasteiger partial charge is 0.476 e. The number of aromatic nitrogens is 1. The van der Waals surface area contributed by atoms with Gasteiger partial charge in [-0.25, -0.2) is 4.79 Å². The van der Waals surface area contributed by atoms with Gasteiger partial charge in [0.1, 0.15) is 12.4 Å². The van der Waals surface area contributed by atoms with E-state index in [0.29, 0.717) is 30.2 Å². The van der Waals surface area contributed by atoms with Crippen molar-refractivity contribution in [1.82, 2.24) is 10.0 Å². The first kappa shape index (κ1) is 13.0. The molecule has 0 fully saturated rings. The van der Waals surface area contributed by atoms with Gasteiger partial charge in [-0.3, -0.25) is 4.79 Å². The number of aromatic carboxylic acids is 1. The number of fused-ring (bicyclic) bond motifs is 2.